The van der Waals surface area contributed by atoms with Crippen molar-refractivity contribution in [1.29, 1.82) is 0 Å². The van der Waals surface area contributed by atoms with Crippen molar-refractivity contribution in [3.63, 3.8) is 0 Å². The van der Waals surface area contributed by atoms with Crippen LogP contribution in [-0.2, 0) is 4.74 Å². The molecule has 1 atom stereocenters. The first-order chi connectivity index (χ1) is 9.40. The third-order valence-electron chi connectivity index (χ3n) is 3.09. The Morgan fingerprint density at radius 2 is 1.95 bits per heavy atom. The van der Waals surface area contributed by atoms with E-state index in [1.807, 2.05) is 13.8 Å². The monoisotopic (exact) mass is 298 g/mol. The summed E-state index contributed by atoms with van der Waals surface area (Å²) in [6.07, 6.45) is 2.17. The molecule has 0 aliphatic rings. The number of esters is 1. The second-order valence-corrected chi connectivity index (χ2v) is 5.08. The lowest BCUT2D eigenvalue weighted by Gasteiger charge is -2.16. The van der Waals surface area contributed by atoms with E-state index in [2.05, 4.69) is 0 Å². The van der Waals surface area contributed by atoms with Crippen LogP contribution in [-0.4, -0.2) is 23.1 Å². The maximum atomic E-state index is 12.1. The molecule has 1 rings (SSSR count). The molecule has 1 aromatic carbocycles. The lowest BCUT2D eigenvalue weighted by molar-refractivity contribution is 0.0266. The first kappa shape index (κ1) is 16.5. The van der Waals surface area contributed by atoms with Gasteiger partial charge in [-0.1, -0.05) is 31.9 Å². The van der Waals surface area contributed by atoms with E-state index < -0.39 is 11.9 Å². The van der Waals surface area contributed by atoms with Gasteiger partial charge in [-0.05, 0) is 37.5 Å². The molecule has 0 heterocycles. The van der Waals surface area contributed by atoms with Crippen molar-refractivity contribution in [3.8, 4) is 0 Å². The smallest absolute Gasteiger partial charge is 0.339 e. The summed E-state index contributed by atoms with van der Waals surface area (Å²) in [5.41, 5.74) is 0.568. The van der Waals surface area contributed by atoms with Crippen LogP contribution in [0, 0.1) is 6.92 Å². The van der Waals surface area contributed by atoms with Crippen LogP contribution in [0.2, 0.25) is 5.02 Å². The topological polar surface area (TPSA) is 63.6 Å². The molecule has 0 fully saturated rings. The highest BCUT2D eigenvalue weighted by Crippen LogP contribution is 2.23. The van der Waals surface area contributed by atoms with Gasteiger partial charge in [-0.15, -0.1) is 0 Å². The summed E-state index contributed by atoms with van der Waals surface area (Å²) in [5, 5.41) is 9.48. The molecule has 20 heavy (non-hydrogen) atoms. The fraction of sp³-hybridized carbons (Fsp3) is 0.467. The Hall–Kier alpha value is -1.55. The number of benzene rings is 1. The number of ether oxygens (including phenoxy) is 1. The third kappa shape index (κ3) is 3.97. The summed E-state index contributed by atoms with van der Waals surface area (Å²) in [7, 11) is 0. The zero-order chi connectivity index (χ0) is 15.3. The van der Waals surface area contributed by atoms with Crippen molar-refractivity contribution >= 4 is 23.5 Å². The van der Waals surface area contributed by atoms with Gasteiger partial charge >= 0.3 is 11.9 Å². The van der Waals surface area contributed by atoms with Gasteiger partial charge in [0, 0.05) is 5.02 Å². The molecule has 0 aliphatic carbocycles. The van der Waals surface area contributed by atoms with E-state index in [-0.39, 0.29) is 17.2 Å². The van der Waals surface area contributed by atoms with Gasteiger partial charge in [0.2, 0.25) is 0 Å². The molecule has 0 saturated carbocycles. The van der Waals surface area contributed by atoms with Gasteiger partial charge < -0.3 is 9.84 Å². The number of aryl methyl sites for hydroxylation is 1. The molecule has 1 unspecified atom stereocenters. The predicted octanol–water partition coefficient (Wildman–Crippen LogP) is 4.08. The van der Waals surface area contributed by atoms with Gasteiger partial charge in [-0.2, -0.15) is 0 Å². The lowest BCUT2D eigenvalue weighted by Crippen LogP contribution is -2.19. The van der Waals surface area contributed by atoms with Crippen LogP contribution in [0.3, 0.4) is 0 Å². The highest BCUT2D eigenvalue weighted by Gasteiger charge is 2.21. The van der Waals surface area contributed by atoms with Crippen molar-refractivity contribution in [2.45, 2.75) is 46.1 Å². The van der Waals surface area contributed by atoms with Gasteiger partial charge in [0.05, 0.1) is 11.1 Å². The average molecular weight is 299 g/mol. The van der Waals surface area contributed by atoms with E-state index in [1.54, 1.807) is 6.92 Å². The van der Waals surface area contributed by atoms with Crippen molar-refractivity contribution in [2.75, 3.05) is 0 Å². The molecule has 110 valence electrons. The van der Waals surface area contributed by atoms with Crippen molar-refractivity contribution in [3.05, 3.63) is 33.8 Å². The van der Waals surface area contributed by atoms with Crippen LogP contribution in [0.25, 0.3) is 0 Å². The largest absolute Gasteiger partial charge is 0.478 e. The molecule has 0 radical (unpaired) electrons. The van der Waals surface area contributed by atoms with E-state index in [0.29, 0.717) is 17.0 Å². The van der Waals surface area contributed by atoms with E-state index in [1.165, 1.54) is 12.1 Å². The fourth-order valence-electron chi connectivity index (χ4n) is 1.91. The number of rotatable bonds is 6. The van der Waals surface area contributed by atoms with Crippen LogP contribution < -0.4 is 0 Å². The molecule has 5 heteroatoms. The molecule has 1 N–H and O–H groups in total. The standard InChI is InChI=1S/C15H19ClO4/c1-4-6-10(5-2)20-15(19)12-7-9(3)13(16)8-11(12)14(17)18/h7-8,10H,4-6H2,1-3H3,(H,17,18). The minimum absolute atomic E-state index is 0.0500. The van der Waals surface area contributed by atoms with Gasteiger partial charge in [0.1, 0.15) is 6.10 Å². The Balaban J connectivity index is 3.08. The average Bonchev–Trinajstić information content (AvgIpc) is 2.40. The molecule has 0 bridgehead atoms. The van der Waals surface area contributed by atoms with E-state index in [0.717, 1.165) is 12.8 Å². The highest BCUT2D eigenvalue weighted by atomic mass is 35.5. The molecule has 0 aromatic heterocycles. The molecule has 4 nitrogen and oxygen atoms in total. The van der Waals surface area contributed by atoms with Gasteiger partial charge in [-0.25, -0.2) is 9.59 Å². The summed E-state index contributed by atoms with van der Waals surface area (Å²) in [4.78, 5) is 23.4. The summed E-state index contributed by atoms with van der Waals surface area (Å²) < 4.78 is 5.37. The van der Waals surface area contributed by atoms with E-state index >= 15 is 0 Å². The minimum atomic E-state index is -1.19. The van der Waals surface area contributed by atoms with Crippen LogP contribution in [0.1, 0.15) is 59.4 Å². The van der Waals surface area contributed by atoms with Crippen molar-refractivity contribution < 1.29 is 19.4 Å². The van der Waals surface area contributed by atoms with Crippen molar-refractivity contribution in [1.82, 2.24) is 0 Å². The maximum absolute atomic E-state index is 12.1. The predicted molar refractivity (Wildman–Crippen MR) is 77.6 cm³/mol. The number of carboxylic acid groups (broad SMARTS) is 1. The highest BCUT2D eigenvalue weighted by molar-refractivity contribution is 6.32. The first-order valence-corrected chi connectivity index (χ1v) is 7.02. The van der Waals surface area contributed by atoms with Crippen LogP contribution in [0.4, 0.5) is 0 Å². The number of aromatic carboxylic acids is 1. The summed E-state index contributed by atoms with van der Waals surface area (Å²) in [6, 6.07) is 2.75. The van der Waals surface area contributed by atoms with Crippen LogP contribution >= 0.6 is 11.6 Å². The SMILES string of the molecule is CCCC(CC)OC(=O)c1cc(C)c(Cl)cc1C(=O)O. The Labute approximate surface area is 123 Å². The Morgan fingerprint density at radius 1 is 1.30 bits per heavy atom. The summed E-state index contributed by atoms with van der Waals surface area (Å²) >= 11 is 5.90. The minimum Gasteiger partial charge on any atom is -0.478 e. The van der Waals surface area contributed by atoms with E-state index in [4.69, 9.17) is 21.4 Å². The third-order valence-corrected chi connectivity index (χ3v) is 3.50. The van der Waals surface area contributed by atoms with Gasteiger partial charge in [-0.3, -0.25) is 0 Å². The second kappa shape index (κ2) is 7.29. The number of halogens is 1. The van der Waals surface area contributed by atoms with E-state index in [9.17, 15) is 9.59 Å². The lowest BCUT2D eigenvalue weighted by atomic mass is 10.0. The summed E-state index contributed by atoms with van der Waals surface area (Å²) in [5.74, 6) is -1.80. The molecule has 0 spiro atoms. The Kier molecular flexibility index (Phi) is 6.02. The maximum Gasteiger partial charge on any atom is 0.339 e. The number of carbonyl (C=O) groups excluding carboxylic acids is 1. The Morgan fingerprint density at radius 3 is 2.45 bits per heavy atom. The molecular formula is C15H19ClO4. The zero-order valence-electron chi connectivity index (χ0n) is 11.9. The fourth-order valence-corrected chi connectivity index (χ4v) is 2.07. The number of hydrogen-bond acceptors (Lipinski definition) is 3. The first-order valence-electron chi connectivity index (χ1n) is 6.65. The molecule has 0 aliphatic heterocycles. The Bertz CT molecular complexity index is 511. The molecule has 0 saturated heterocycles. The van der Waals surface area contributed by atoms with Crippen LogP contribution in [0.15, 0.2) is 12.1 Å². The van der Waals surface area contributed by atoms with Gasteiger partial charge in [0.15, 0.2) is 0 Å². The molecule has 0 amide bonds. The quantitative estimate of drug-likeness (QED) is 0.804. The molecular weight excluding hydrogens is 280 g/mol. The normalized spacial score (nSPS) is 12.0. The van der Waals surface area contributed by atoms with Crippen LogP contribution in [0.5, 0.6) is 0 Å². The zero-order valence-corrected chi connectivity index (χ0v) is 12.7. The number of hydrogen-bond donors (Lipinski definition) is 1. The molecule has 1 aromatic rings. The number of carboxylic acids is 1. The summed E-state index contributed by atoms with van der Waals surface area (Å²) in [6.45, 7) is 5.65. The van der Waals surface area contributed by atoms with Gasteiger partial charge in [0.25, 0.3) is 0 Å². The second-order valence-electron chi connectivity index (χ2n) is 4.68. The van der Waals surface area contributed by atoms with Crippen molar-refractivity contribution in [2.24, 2.45) is 0 Å². The number of carbonyl (C=O) groups is 2.